The molecule has 48 heavy (non-hydrogen) atoms. The van der Waals surface area contributed by atoms with Gasteiger partial charge in [-0.2, -0.15) is 0 Å². The molecule has 10 nitrogen and oxygen atoms in total. The van der Waals surface area contributed by atoms with Crippen molar-refractivity contribution in [3.8, 4) is 11.5 Å². The van der Waals surface area contributed by atoms with Gasteiger partial charge < -0.3 is 40.2 Å². The summed E-state index contributed by atoms with van der Waals surface area (Å²) in [6.45, 7) is 2.14. The van der Waals surface area contributed by atoms with E-state index in [-0.39, 0.29) is 36.0 Å². The first-order chi connectivity index (χ1) is 23.3. The van der Waals surface area contributed by atoms with Gasteiger partial charge >= 0.3 is 12.1 Å². The molecule has 2 aliphatic rings. The molecule has 2 heterocycles. The molecule has 4 aromatic rings. The zero-order chi connectivity index (χ0) is 33.9. The number of urea groups is 2. The molecule has 4 atom stereocenters. The van der Waals surface area contributed by atoms with Crippen LogP contribution in [0.25, 0.3) is 0 Å². The first-order valence-corrected chi connectivity index (χ1v) is 16.2. The van der Waals surface area contributed by atoms with Gasteiger partial charge in [0.1, 0.15) is 11.5 Å². The van der Waals surface area contributed by atoms with Gasteiger partial charge in [-0.1, -0.05) is 47.5 Å². The first-order valence-electron chi connectivity index (χ1n) is 15.4. The van der Waals surface area contributed by atoms with Crippen molar-refractivity contribution in [1.29, 1.82) is 0 Å². The van der Waals surface area contributed by atoms with Crippen molar-refractivity contribution in [2.75, 3.05) is 51.3 Å². The number of halogens is 2. The topological polar surface area (TPSA) is 119 Å². The first kappa shape index (κ1) is 34.8. The highest BCUT2D eigenvalue weighted by Gasteiger charge is 2.32. The third-order valence-corrected chi connectivity index (χ3v) is 8.59. The Kier molecular flexibility index (Phi) is 12.4. The molecule has 2 saturated heterocycles. The Hall–Kier alpha value is -4.48. The summed E-state index contributed by atoms with van der Waals surface area (Å²) < 4.78 is 21.5. The van der Waals surface area contributed by atoms with Crippen LogP contribution >= 0.6 is 23.2 Å². The second-order valence-corrected chi connectivity index (χ2v) is 12.1. The van der Waals surface area contributed by atoms with Gasteiger partial charge in [-0.05, 0) is 83.9 Å². The van der Waals surface area contributed by atoms with Gasteiger partial charge in [-0.3, -0.25) is 0 Å². The fraction of sp³-hybridized carbons (Fsp3) is 0.278. The van der Waals surface area contributed by atoms with Crippen LogP contribution in [0.15, 0.2) is 97.1 Å². The number of nitrogens with one attached hydrogen (secondary N) is 4. The van der Waals surface area contributed by atoms with E-state index in [1.54, 1.807) is 62.8 Å². The summed E-state index contributed by atoms with van der Waals surface area (Å²) in [4.78, 5) is 24.4. The van der Waals surface area contributed by atoms with E-state index < -0.39 is 0 Å². The molecule has 252 valence electrons. The summed E-state index contributed by atoms with van der Waals surface area (Å²) in [6, 6.07) is 29.0. The van der Waals surface area contributed by atoms with Crippen molar-refractivity contribution in [2.45, 2.75) is 23.9 Å². The van der Waals surface area contributed by atoms with Gasteiger partial charge in [0.15, 0.2) is 0 Å². The van der Waals surface area contributed by atoms with Gasteiger partial charge in [0.05, 0.1) is 52.7 Å². The van der Waals surface area contributed by atoms with Crippen molar-refractivity contribution in [2.24, 2.45) is 0 Å². The maximum absolute atomic E-state index is 12.2. The molecule has 0 aliphatic carbocycles. The molecule has 2 aliphatic heterocycles. The highest BCUT2D eigenvalue weighted by Crippen LogP contribution is 2.29. The summed E-state index contributed by atoms with van der Waals surface area (Å²) in [7, 11) is 3.28. The Balaban J connectivity index is 0.000000188. The average molecular weight is 694 g/mol. The molecule has 4 N–H and O–H groups in total. The number of anilines is 2. The molecule has 0 saturated carbocycles. The van der Waals surface area contributed by atoms with E-state index >= 15 is 0 Å². The predicted molar refractivity (Wildman–Crippen MR) is 188 cm³/mol. The quantitative estimate of drug-likeness (QED) is 0.154. The molecule has 4 aromatic carbocycles. The van der Waals surface area contributed by atoms with E-state index in [1.807, 2.05) is 48.5 Å². The Morgan fingerprint density at radius 2 is 0.917 bits per heavy atom. The predicted octanol–water partition coefficient (Wildman–Crippen LogP) is 7.31. The van der Waals surface area contributed by atoms with Gasteiger partial charge in [0.2, 0.25) is 0 Å². The molecule has 0 unspecified atom stereocenters. The number of methoxy groups -OCH3 is 2. The number of rotatable bonds is 8. The summed E-state index contributed by atoms with van der Waals surface area (Å²) in [5.74, 6) is 1.85. The SMILES string of the molecule is COc1ccc([C@H]2COC[C@H]2NC(=O)Nc2ccc(Cl)cc2)cc1.COc1ccc([C@H]2COC[C@H]2NC(=O)Nc2ccc(Cl)cc2)cc1. The largest absolute Gasteiger partial charge is 0.497 e. The molecule has 12 heteroatoms. The van der Waals surface area contributed by atoms with Gasteiger partial charge in [-0.15, -0.1) is 0 Å². The van der Waals surface area contributed by atoms with Crippen LogP contribution in [0.2, 0.25) is 10.0 Å². The maximum atomic E-state index is 12.2. The molecular weight excluding hydrogens is 655 g/mol. The fourth-order valence-corrected chi connectivity index (χ4v) is 5.74. The van der Waals surface area contributed by atoms with E-state index in [0.717, 1.165) is 22.6 Å². The molecule has 0 bridgehead atoms. The highest BCUT2D eigenvalue weighted by molar-refractivity contribution is 6.31. The third kappa shape index (κ3) is 9.77. The molecule has 6 rings (SSSR count). The number of carbonyl (C=O) groups is 2. The lowest BCUT2D eigenvalue weighted by atomic mass is 9.94. The summed E-state index contributed by atoms with van der Waals surface area (Å²) in [5, 5.41) is 12.8. The highest BCUT2D eigenvalue weighted by atomic mass is 35.5. The average Bonchev–Trinajstić information content (AvgIpc) is 3.77. The van der Waals surface area contributed by atoms with E-state index in [4.69, 9.17) is 42.1 Å². The molecule has 2 fully saturated rings. The van der Waals surface area contributed by atoms with E-state index in [0.29, 0.717) is 47.8 Å². The number of benzene rings is 4. The third-order valence-electron chi connectivity index (χ3n) is 8.09. The minimum atomic E-state index is -0.258. The van der Waals surface area contributed by atoms with E-state index in [2.05, 4.69) is 21.3 Å². The molecule has 0 radical (unpaired) electrons. The van der Waals surface area contributed by atoms with Crippen molar-refractivity contribution >= 4 is 46.6 Å². The number of amides is 4. The van der Waals surface area contributed by atoms with Gasteiger partial charge in [0, 0.05) is 33.3 Å². The lowest BCUT2D eigenvalue weighted by molar-refractivity contribution is 0.187. The standard InChI is InChI=1S/2C18H19ClN2O3/c2*1-23-15-8-2-12(3-9-15)16-10-24-11-17(16)21-18(22)20-14-6-4-13(19)5-7-14/h2*2-9,16-17H,10-11H2,1H3,(H2,20,21,22)/t2*16-,17-/m11/s1. The zero-order valence-corrected chi connectivity index (χ0v) is 28.1. The maximum Gasteiger partial charge on any atom is 0.319 e. The van der Waals surface area contributed by atoms with Crippen molar-refractivity contribution in [3.63, 3.8) is 0 Å². The van der Waals surface area contributed by atoms with Crippen LogP contribution in [-0.2, 0) is 9.47 Å². The molecule has 0 spiro atoms. The Morgan fingerprint density at radius 3 is 1.25 bits per heavy atom. The Morgan fingerprint density at radius 1 is 0.562 bits per heavy atom. The summed E-state index contributed by atoms with van der Waals surface area (Å²) in [6.07, 6.45) is 0. The van der Waals surface area contributed by atoms with Crippen LogP contribution in [0.1, 0.15) is 23.0 Å². The van der Waals surface area contributed by atoms with Crippen molar-refractivity contribution in [3.05, 3.63) is 118 Å². The lowest BCUT2D eigenvalue weighted by Crippen LogP contribution is -2.41. The second kappa shape index (κ2) is 17.1. The van der Waals surface area contributed by atoms with Gasteiger partial charge in [-0.25, -0.2) is 9.59 Å². The minimum absolute atomic E-state index is 0.0781. The van der Waals surface area contributed by atoms with Crippen LogP contribution in [0.5, 0.6) is 11.5 Å². The van der Waals surface area contributed by atoms with Crippen LogP contribution in [0.4, 0.5) is 21.0 Å². The fourth-order valence-electron chi connectivity index (χ4n) is 5.49. The number of carbonyl (C=O) groups excluding carboxylic acids is 2. The van der Waals surface area contributed by atoms with Crippen LogP contribution in [0, 0.1) is 0 Å². The molecule has 4 amide bonds. The Bertz CT molecular complexity index is 1500. The number of ether oxygens (including phenoxy) is 4. The zero-order valence-electron chi connectivity index (χ0n) is 26.6. The summed E-state index contributed by atoms with van der Waals surface area (Å²) >= 11 is 11.7. The van der Waals surface area contributed by atoms with Crippen LogP contribution < -0.4 is 30.7 Å². The molecular formula is C36H38Cl2N4O6. The summed E-state index contributed by atoms with van der Waals surface area (Å²) in [5.41, 5.74) is 3.61. The normalized spacial score (nSPS) is 19.8. The smallest absolute Gasteiger partial charge is 0.319 e. The molecule has 0 aromatic heterocycles. The Labute approximate surface area is 290 Å². The number of hydrogen-bond acceptors (Lipinski definition) is 6. The monoisotopic (exact) mass is 692 g/mol. The van der Waals surface area contributed by atoms with Crippen LogP contribution in [-0.4, -0.2) is 64.8 Å². The van der Waals surface area contributed by atoms with Gasteiger partial charge in [0.25, 0.3) is 0 Å². The van der Waals surface area contributed by atoms with E-state index in [1.165, 1.54) is 0 Å². The number of hydrogen-bond donors (Lipinski definition) is 4. The van der Waals surface area contributed by atoms with Crippen molar-refractivity contribution < 1.29 is 28.5 Å². The minimum Gasteiger partial charge on any atom is -0.497 e. The second-order valence-electron chi connectivity index (χ2n) is 11.3. The van der Waals surface area contributed by atoms with E-state index in [9.17, 15) is 9.59 Å². The van der Waals surface area contributed by atoms with Crippen LogP contribution in [0.3, 0.4) is 0 Å². The lowest BCUT2D eigenvalue weighted by Gasteiger charge is -2.20. The van der Waals surface area contributed by atoms with Crippen molar-refractivity contribution in [1.82, 2.24) is 10.6 Å².